The van der Waals surface area contributed by atoms with Gasteiger partial charge in [-0.05, 0) is 45.3 Å². The van der Waals surface area contributed by atoms with E-state index < -0.39 is 5.69 Å². The molecule has 0 bridgehead atoms. The molecule has 1 N–H and O–H groups in total. The van der Waals surface area contributed by atoms with Crippen LogP contribution in [0.3, 0.4) is 0 Å². The average molecular weight is 286 g/mol. The van der Waals surface area contributed by atoms with Gasteiger partial charge < -0.3 is 4.90 Å². The molecular weight excluding hydrogens is 266 g/mol. The van der Waals surface area contributed by atoms with E-state index in [-0.39, 0.29) is 16.1 Å². The molecule has 1 aliphatic heterocycles. The van der Waals surface area contributed by atoms with E-state index in [9.17, 15) is 9.59 Å². The third-order valence-corrected chi connectivity index (χ3v) is 4.47. The Morgan fingerprint density at radius 1 is 1.32 bits per heavy atom. The molecule has 19 heavy (non-hydrogen) atoms. The summed E-state index contributed by atoms with van der Waals surface area (Å²) in [5, 5.41) is 0.139. The molecule has 106 valence electrons. The fourth-order valence-electron chi connectivity index (χ4n) is 2.49. The first-order valence-electron chi connectivity index (χ1n) is 6.50. The maximum atomic E-state index is 12.1. The van der Waals surface area contributed by atoms with Crippen LogP contribution in [0.4, 0.5) is 0 Å². The summed E-state index contributed by atoms with van der Waals surface area (Å²) in [6.45, 7) is 6.21. The highest BCUT2D eigenvalue weighted by Gasteiger charge is 2.30. The van der Waals surface area contributed by atoms with Crippen molar-refractivity contribution in [1.82, 2.24) is 14.5 Å². The van der Waals surface area contributed by atoms with Crippen molar-refractivity contribution in [1.29, 1.82) is 0 Å². The van der Waals surface area contributed by atoms with Gasteiger partial charge in [0.25, 0.3) is 5.56 Å². The van der Waals surface area contributed by atoms with E-state index in [1.165, 1.54) is 4.57 Å². The van der Waals surface area contributed by atoms with Gasteiger partial charge in [0, 0.05) is 12.1 Å². The van der Waals surface area contributed by atoms with Crippen LogP contribution in [0.1, 0.15) is 25.3 Å². The van der Waals surface area contributed by atoms with E-state index in [0.717, 1.165) is 25.9 Å². The van der Waals surface area contributed by atoms with Gasteiger partial charge in [-0.15, -0.1) is 0 Å². The lowest BCUT2D eigenvalue weighted by Gasteiger charge is -2.37. The minimum Gasteiger partial charge on any atom is -0.306 e. The molecule has 0 saturated carbocycles. The lowest BCUT2D eigenvalue weighted by Crippen LogP contribution is -2.45. The second-order valence-electron chi connectivity index (χ2n) is 5.87. The van der Waals surface area contributed by atoms with E-state index >= 15 is 0 Å². The largest absolute Gasteiger partial charge is 0.329 e. The molecule has 0 aromatic carbocycles. The summed E-state index contributed by atoms with van der Waals surface area (Å²) in [5.41, 5.74) is -0.309. The quantitative estimate of drug-likeness (QED) is 0.832. The van der Waals surface area contributed by atoms with Crippen LogP contribution in [-0.4, -0.2) is 34.6 Å². The maximum Gasteiger partial charge on any atom is 0.329 e. The van der Waals surface area contributed by atoms with Crippen LogP contribution < -0.4 is 11.2 Å². The van der Waals surface area contributed by atoms with Crippen molar-refractivity contribution < 1.29 is 0 Å². The van der Waals surface area contributed by atoms with Crippen molar-refractivity contribution in [2.24, 2.45) is 5.41 Å². The van der Waals surface area contributed by atoms with E-state index in [4.69, 9.17) is 11.6 Å². The van der Waals surface area contributed by atoms with Crippen LogP contribution in [0.25, 0.3) is 0 Å². The zero-order valence-corrected chi connectivity index (χ0v) is 12.4. The smallest absolute Gasteiger partial charge is 0.306 e. The van der Waals surface area contributed by atoms with Gasteiger partial charge in [-0.2, -0.15) is 0 Å². The van der Waals surface area contributed by atoms with Crippen molar-refractivity contribution in [3.63, 3.8) is 0 Å². The van der Waals surface area contributed by atoms with Gasteiger partial charge in [0.1, 0.15) is 5.15 Å². The predicted molar refractivity (Wildman–Crippen MR) is 75.9 cm³/mol. The van der Waals surface area contributed by atoms with E-state index in [0.29, 0.717) is 12.1 Å². The van der Waals surface area contributed by atoms with Gasteiger partial charge in [0.15, 0.2) is 0 Å². The van der Waals surface area contributed by atoms with Crippen LogP contribution in [-0.2, 0) is 6.54 Å². The summed E-state index contributed by atoms with van der Waals surface area (Å²) in [4.78, 5) is 28.8. The first kappa shape index (κ1) is 14.3. The number of nitrogens with one attached hydrogen (secondary N) is 1. The topological polar surface area (TPSA) is 58.1 Å². The summed E-state index contributed by atoms with van der Waals surface area (Å²) >= 11 is 5.81. The molecule has 6 heteroatoms. The maximum absolute atomic E-state index is 12.1. The molecule has 0 atom stereocenters. The average Bonchev–Trinajstić information content (AvgIpc) is 2.36. The van der Waals surface area contributed by atoms with E-state index in [2.05, 4.69) is 23.9 Å². The normalized spacial score (nSPS) is 19.6. The first-order valence-corrected chi connectivity index (χ1v) is 6.88. The Balaban J connectivity index is 2.32. The summed E-state index contributed by atoms with van der Waals surface area (Å²) in [6, 6.07) is 0. The van der Waals surface area contributed by atoms with E-state index in [1.54, 1.807) is 6.92 Å². The Morgan fingerprint density at radius 2 is 1.89 bits per heavy atom. The van der Waals surface area contributed by atoms with E-state index in [1.807, 2.05) is 0 Å². The van der Waals surface area contributed by atoms with Gasteiger partial charge in [-0.3, -0.25) is 14.3 Å². The zero-order valence-electron chi connectivity index (χ0n) is 11.6. The Morgan fingerprint density at radius 3 is 2.47 bits per heavy atom. The van der Waals surface area contributed by atoms with Crippen LogP contribution in [0.5, 0.6) is 0 Å². The van der Waals surface area contributed by atoms with Crippen molar-refractivity contribution in [3.05, 3.63) is 31.6 Å². The molecular formula is C13H20ClN3O2. The minimum atomic E-state index is -0.416. The molecule has 2 heterocycles. The molecule has 0 radical (unpaired) electrons. The first-order chi connectivity index (χ1) is 8.82. The monoisotopic (exact) mass is 285 g/mol. The summed E-state index contributed by atoms with van der Waals surface area (Å²) < 4.78 is 1.28. The van der Waals surface area contributed by atoms with Crippen LogP contribution in [0.15, 0.2) is 9.59 Å². The molecule has 5 nitrogen and oxygen atoms in total. The molecule has 0 aliphatic carbocycles. The Kier molecular flexibility index (Phi) is 3.87. The van der Waals surface area contributed by atoms with Gasteiger partial charge in [0.05, 0.1) is 0 Å². The van der Waals surface area contributed by atoms with Crippen molar-refractivity contribution >= 4 is 11.6 Å². The summed E-state index contributed by atoms with van der Waals surface area (Å²) in [7, 11) is 2.09. The van der Waals surface area contributed by atoms with Gasteiger partial charge in [-0.1, -0.05) is 18.5 Å². The number of piperidine rings is 1. The van der Waals surface area contributed by atoms with Crippen LogP contribution >= 0.6 is 11.6 Å². The Hall–Kier alpha value is -1.07. The number of halogens is 1. The molecule has 0 unspecified atom stereocenters. The molecule has 2 rings (SSSR count). The predicted octanol–water partition coefficient (Wildman–Crippen LogP) is 1.23. The fraction of sp³-hybridized carbons (Fsp3) is 0.692. The summed E-state index contributed by atoms with van der Waals surface area (Å²) in [5.74, 6) is 0. The second kappa shape index (κ2) is 5.13. The Labute approximate surface area is 117 Å². The standard InChI is InChI=1S/C13H20ClN3O2/c1-9-10(14)15-12(19)17(11(9)18)8-13(2)4-6-16(3)7-5-13/h4-8H2,1-3H3,(H,15,19). The number of nitrogens with zero attached hydrogens (tertiary/aromatic N) is 2. The highest BCUT2D eigenvalue weighted by Crippen LogP contribution is 2.31. The highest BCUT2D eigenvalue weighted by atomic mass is 35.5. The Bertz CT molecular complexity index is 583. The third kappa shape index (κ3) is 2.92. The molecule has 0 amide bonds. The van der Waals surface area contributed by atoms with Crippen molar-refractivity contribution in [3.8, 4) is 0 Å². The third-order valence-electron chi connectivity index (χ3n) is 4.09. The number of hydrogen-bond donors (Lipinski definition) is 1. The summed E-state index contributed by atoms with van der Waals surface area (Å²) in [6.07, 6.45) is 1.97. The SMILES string of the molecule is Cc1c(Cl)[nH]c(=O)n(CC2(C)CCN(C)CC2)c1=O. The molecule has 0 spiro atoms. The van der Waals surface area contributed by atoms with Gasteiger partial charge in [0.2, 0.25) is 0 Å². The lowest BCUT2D eigenvalue weighted by molar-refractivity contribution is 0.118. The molecule has 1 aromatic rings. The molecule has 1 saturated heterocycles. The number of likely N-dealkylation sites (tertiary alicyclic amines) is 1. The van der Waals surface area contributed by atoms with Gasteiger partial charge >= 0.3 is 5.69 Å². The van der Waals surface area contributed by atoms with Crippen LogP contribution in [0, 0.1) is 12.3 Å². The zero-order chi connectivity index (χ0) is 14.2. The number of H-pyrrole nitrogens is 1. The number of aromatic amines is 1. The molecule has 1 aromatic heterocycles. The number of rotatable bonds is 2. The number of hydrogen-bond acceptors (Lipinski definition) is 3. The van der Waals surface area contributed by atoms with Crippen molar-refractivity contribution in [2.45, 2.75) is 33.2 Å². The number of aromatic nitrogens is 2. The molecule has 1 fully saturated rings. The lowest BCUT2D eigenvalue weighted by atomic mass is 9.80. The fourth-order valence-corrected chi connectivity index (χ4v) is 2.65. The van der Waals surface area contributed by atoms with Crippen molar-refractivity contribution in [2.75, 3.05) is 20.1 Å². The second-order valence-corrected chi connectivity index (χ2v) is 6.25. The van der Waals surface area contributed by atoms with Gasteiger partial charge in [-0.25, -0.2) is 4.79 Å². The van der Waals surface area contributed by atoms with Crippen LogP contribution in [0.2, 0.25) is 5.15 Å². The minimum absolute atomic E-state index is 0.0103. The highest BCUT2D eigenvalue weighted by molar-refractivity contribution is 6.30. The molecule has 1 aliphatic rings.